The molecule has 3 rings (SSSR count). The Morgan fingerprint density at radius 1 is 1.50 bits per heavy atom. The van der Waals surface area contributed by atoms with E-state index >= 15 is 0 Å². The van der Waals surface area contributed by atoms with Gasteiger partial charge in [0.15, 0.2) is 11.6 Å². The largest absolute Gasteiger partial charge is 0.490 e. The van der Waals surface area contributed by atoms with E-state index in [1.807, 2.05) is 0 Å². The molecule has 0 aliphatic carbocycles. The molecule has 0 unspecified atom stereocenters. The summed E-state index contributed by atoms with van der Waals surface area (Å²) in [7, 11) is 0. The highest BCUT2D eigenvalue weighted by Crippen LogP contribution is 2.27. The molecule has 1 aromatic carbocycles. The van der Waals surface area contributed by atoms with Crippen LogP contribution in [0, 0.1) is 11.7 Å². The molecule has 0 saturated carbocycles. The highest BCUT2D eigenvalue weighted by Gasteiger charge is 2.33. The lowest BCUT2D eigenvalue weighted by atomic mass is 10.1. The number of aliphatic hydroxyl groups is 1. The van der Waals surface area contributed by atoms with Crippen LogP contribution in [0.3, 0.4) is 0 Å². The van der Waals surface area contributed by atoms with Crippen molar-refractivity contribution in [1.29, 1.82) is 0 Å². The highest BCUT2D eigenvalue weighted by atomic mass is 19.1. The molecule has 0 aromatic heterocycles. The van der Waals surface area contributed by atoms with Gasteiger partial charge in [-0.05, 0) is 12.1 Å². The molecule has 3 N–H and O–H groups in total. The minimum atomic E-state index is -0.596. The molecule has 9 heteroatoms. The average Bonchev–Trinajstić information content (AvgIpc) is 3.17. The van der Waals surface area contributed by atoms with Gasteiger partial charge in [0, 0.05) is 32.0 Å². The van der Waals surface area contributed by atoms with Crippen LogP contribution in [-0.2, 0) is 9.53 Å². The van der Waals surface area contributed by atoms with Crippen LogP contribution in [0.1, 0.15) is 6.92 Å². The van der Waals surface area contributed by atoms with Gasteiger partial charge in [-0.3, -0.25) is 9.69 Å². The number of aliphatic hydroxyl groups excluding tert-OH is 1. The summed E-state index contributed by atoms with van der Waals surface area (Å²) in [6.45, 7) is 3.14. The van der Waals surface area contributed by atoms with Gasteiger partial charge >= 0.3 is 6.09 Å². The molecule has 3 atom stereocenters. The predicted molar refractivity (Wildman–Crippen MR) is 90.6 cm³/mol. The molecule has 26 heavy (non-hydrogen) atoms. The van der Waals surface area contributed by atoms with Crippen molar-refractivity contribution in [3.63, 3.8) is 0 Å². The Morgan fingerprint density at radius 2 is 2.31 bits per heavy atom. The number of nitrogens with zero attached hydrogens (tertiary/aromatic N) is 1. The third-order valence-corrected chi connectivity index (χ3v) is 4.44. The van der Waals surface area contributed by atoms with Gasteiger partial charge in [-0.1, -0.05) is 0 Å². The van der Waals surface area contributed by atoms with E-state index in [4.69, 9.17) is 9.47 Å². The number of anilines is 1. The van der Waals surface area contributed by atoms with E-state index in [0.717, 1.165) is 0 Å². The fourth-order valence-electron chi connectivity index (χ4n) is 2.96. The summed E-state index contributed by atoms with van der Waals surface area (Å²) >= 11 is 0. The predicted octanol–water partition coefficient (Wildman–Crippen LogP) is 0.246. The minimum Gasteiger partial charge on any atom is -0.490 e. The Bertz CT molecular complexity index is 686. The number of hydrogen-bond acceptors (Lipinski definition) is 6. The second-order valence-electron chi connectivity index (χ2n) is 6.46. The van der Waals surface area contributed by atoms with Crippen molar-refractivity contribution in [1.82, 2.24) is 10.6 Å². The number of rotatable bonds is 6. The number of nitrogens with one attached hydrogen (secondary N) is 2. The third-order valence-electron chi connectivity index (χ3n) is 4.44. The Hall–Kier alpha value is -2.39. The standard InChI is InChI=1S/C17H22FN3O5/c1-10(22)20-6-13-8-21(17(24)26-13)12-2-3-16(14(18)4-12)25-9-11-5-19-7-15(11)23/h2-4,11,13,15,19,23H,5-9H2,1H3,(H,20,22)/t11-,13+,15+/m1/s1. The second kappa shape index (κ2) is 7.88. The van der Waals surface area contributed by atoms with Crippen LogP contribution in [0.4, 0.5) is 14.9 Å². The molecule has 2 heterocycles. The van der Waals surface area contributed by atoms with E-state index in [1.54, 1.807) is 6.07 Å². The van der Waals surface area contributed by atoms with Crippen LogP contribution in [0.5, 0.6) is 5.75 Å². The maximum atomic E-state index is 14.3. The van der Waals surface area contributed by atoms with Gasteiger partial charge in [0.25, 0.3) is 0 Å². The van der Waals surface area contributed by atoms with Gasteiger partial charge in [-0.15, -0.1) is 0 Å². The average molecular weight is 367 g/mol. The van der Waals surface area contributed by atoms with Crippen molar-refractivity contribution in [3.05, 3.63) is 24.0 Å². The van der Waals surface area contributed by atoms with Gasteiger partial charge in [-0.2, -0.15) is 0 Å². The molecule has 2 fully saturated rings. The number of carbonyl (C=O) groups excluding carboxylic acids is 2. The van der Waals surface area contributed by atoms with Crippen molar-refractivity contribution in [2.24, 2.45) is 5.92 Å². The lowest BCUT2D eigenvalue weighted by Crippen LogP contribution is -2.33. The summed E-state index contributed by atoms with van der Waals surface area (Å²) in [5, 5.41) is 15.4. The molecule has 0 radical (unpaired) electrons. The smallest absolute Gasteiger partial charge is 0.414 e. The first-order valence-electron chi connectivity index (χ1n) is 8.47. The summed E-state index contributed by atoms with van der Waals surface area (Å²) in [5.41, 5.74) is 0.354. The number of β-amino-alcohol motifs (C(OH)–C–C–N with tert-alkyl or cyclic N) is 1. The number of ether oxygens (including phenoxy) is 2. The maximum Gasteiger partial charge on any atom is 0.414 e. The summed E-state index contributed by atoms with van der Waals surface area (Å²) in [6.07, 6.45) is -1.58. The maximum absolute atomic E-state index is 14.3. The molecule has 142 valence electrons. The number of halogens is 1. The molecule has 8 nitrogen and oxygen atoms in total. The van der Waals surface area contributed by atoms with Gasteiger partial charge < -0.3 is 25.2 Å². The Labute approximate surface area is 150 Å². The van der Waals surface area contributed by atoms with Crippen LogP contribution < -0.4 is 20.3 Å². The molecular weight excluding hydrogens is 345 g/mol. The molecule has 2 aliphatic heterocycles. The fourth-order valence-corrected chi connectivity index (χ4v) is 2.96. The van der Waals surface area contributed by atoms with Crippen LogP contribution >= 0.6 is 0 Å². The quantitative estimate of drug-likeness (QED) is 0.666. The number of benzene rings is 1. The lowest BCUT2D eigenvalue weighted by Gasteiger charge is -2.17. The molecule has 2 saturated heterocycles. The highest BCUT2D eigenvalue weighted by molar-refractivity contribution is 5.89. The van der Waals surface area contributed by atoms with E-state index < -0.39 is 24.1 Å². The molecular formula is C17H22FN3O5. The van der Waals surface area contributed by atoms with E-state index in [2.05, 4.69) is 10.6 Å². The zero-order valence-corrected chi connectivity index (χ0v) is 14.4. The molecule has 1 aromatic rings. The SMILES string of the molecule is CC(=O)NC[C@H]1CN(c2ccc(OC[C@H]3CNC[C@@H]3O)c(F)c2)C(=O)O1. The van der Waals surface area contributed by atoms with Crippen molar-refractivity contribution >= 4 is 17.7 Å². The fraction of sp³-hybridized carbons (Fsp3) is 0.529. The monoisotopic (exact) mass is 367 g/mol. The van der Waals surface area contributed by atoms with Crippen LogP contribution in [-0.4, -0.2) is 62.1 Å². The van der Waals surface area contributed by atoms with Crippen molar-refractivity contribution in [2.75, 3.05) is 37.7 Å². The third kappa shape index (κ3) is 4.23. The normalized spacial score (nSPS) is 25.3. The van der Waals surface area contributed by atoms with E-state index in [9.17, 15) is 19.1 Å². The van der Waals surface area contributed by atoms with Crippen LogP contribution in [0.25, 0.3) is 0 Å². The van der Waals surface area contributed by atoms with Crippen molar-refractivity contribution < 1.29 is 28.6 Å². The summed E-state index contributed by atoms with van der Waals surface area (Å²) in [6, 6.07) is 4.23. The first-order valence-corrected chi connectivity index (χ1v) is 8.47. The van der Waals surface area contributed by atoms with Crippen molar-refractivity contribution in [2.45, 2.75) is 19.1 Å². The molecule has 0 spiro atoms. The van der Waals surface area contributed by atoms with E-state index in [1.165, 1.54) is 24.0 Å². The first kappa shape index (κ1) is 18.4. The Balaban J connectivity index is 1.60. The first-order chi connectivity index (χ1) is 12.4. The van der Waals surface area contributed by atoms with Crippen molar-refractivity contribution in [3.8, 4) is 5.75 Å². The Morgan fingerprint density at radius 3 is 2.96 bits per heavy atom. The van der Waals surface area contributed by atoms with Crippen LogP contribution in [0.15, 0.2) is 18.2 Å². The summed E-state index contributed by atoms with van der Waals surface area (Å²) in [4.78, 5) is 24.2. The number of cyclic esters (lactones) is 1. The zero-order chi connectivity index (χ0) is 18.7. The van der Waals surface area contributed by atoms with Gasteiger partial charge in [0.2, 0.25) is 5.91 Å². The van der Waals surface area contributed by atoms with Gasteiger partial charge in [0.05, 0.1) is 31.5 Å². The lowest BCUT2D eigenvalue weighted by molar-refractivity contribution is -0.119. The summed E-state index contributed by atoms with van der Waals surface area (Å²) in [5.74, 6) is -0.830. The minimum absolute atomic E-state index is 0.0650. The molecule has 0 bridgehead atoms. The second-order valence-corrected chi connectivity index (χ2v) is 6.46. The van der Waals surface area contributed by atoms with Gasteiger partial charge in [0.1, 0.15) is 6.10 Å². The number of carbonyl (C=O) groups is 2. The van der Waals surface area contributed by atoms with Crippen LogP contribution in [0.2, 0.25) is 0 Å². The zero-order valence-electron chi connectivity index (χ0n) is 14.4. The topological polar surface area (TPSA) is 100 Å². The number of amides is 2. The van der Waals surface area contributed by atoms with E-state index in [-0.39, 0.29) is 37.3 Å². The number of hydrogen-bond donors (Lipinski definition) is 3. The molecule has 2 amide bonds. The van der Waals surface area contributed by atoms with Gasteiger partial charge in [-0.25, -0.2) is 9.18 Å². The van der Waals surface area contributed by atoms with E-state index in [0.29, 0.717) is 18.8 Å². The molecule has 2 aliphatic rings. The summed E-state index contributed by atoms with van der Waals surface area (Å²) < 4.78 is 24.9. The Kier molecular flexibility index (Phi) is 5.58.